The number of rotatable bonds is 5. The van der Waals surface area contributed by atoms with E-state index in [2.05, 4.69) is 21.2 Å². The molecule has 0 unspecified atom stereocenters. The maximum Gasteiger partial charge on any atom is 0.251 e. The Labute approximate surface area is 122 Å². The van der Waals surface area contributed by atoms with Crippen molar-refractivity contribution in [1.29, 1.82) is 0 Å². The number of carbonyl (C=O) groups is 2. The zero-order chi connectivity index (χ0) is 14.4. The minimum Gasteiger partial charge on any atom is -0.343 e. The average Bonchev–Trinajstić information content (AvgIpc) is 2.40. The van der Waals surface area contributed by atoms with Crippen LogP contribution in [-0.4, -0.2) is 36.3 Å². The number of hydrogen-bond donors (Lipinski definition) is 1. The molecule has 0 saturated carbocycles. The third-order valence-corrected chi connectivity index (χ3v) is 3.80. The number of carbonyl (C=O) groups excluding carboxylic acids is 2. The van der Waals surface area contributed by atoms with Gasteiger partial charge < -0.3 is 10.2 Å². The molecule has 1 aromatic carbocycles. The van der Waals surface area contributed by atoms with Gasteiger partial charge in [0.2, 0.25) is 5.91 Å². The summed E-state index contributed by atoms with van der Waals surface area (Å²) in [5.74, 6) is -0.300. The van der Waals surface area contributed by atoms with Crippen LogP contribution in [0, 0.1) is 6.92 Å². The van der Waals surface area contributed by atoms with E-state index >= 15 is 0 Å². The Bertz CT molecular complexity index is 471. The Kier molecular flexibility index (Phi) is 6.02. The van der Waals surface area contributed by atoms with Gasteiger partial charge in [0.1, 0.15) is 0 Å². The van der Waals surface area contributed by atoms with Gasteiger partial charge in [0, 0.05) is 23.1 Å². The predicted molar refractivity (Wildman–Crippen MR) is 79.1 cm³/mol. The number of likely N-dealkylation sites (N-methyl/N-ethyl adjacent to an activating group) is 1. The molecule has 0 spiro atoms. The van der Waals surface area contributed by atoms with E-state index in [9.17, 15) is 9.59 Å². The van der Waals surface area contributed by atoms with E-state index in [1.54, 1.807) is 17.0 Å². The Morgan fingerprint density at radius 2 is 1.89 bits per heavy atom. The Morgan fingerprint density at radius 3 is 2.42 bits per heavy atom. The molecule has 19 heavy (non-hydrogen) atoms. The fourth-order valence-electron chi connectivity index (χ4n) is 1.68. The largest absolute Gasteiger partial charge is 0.343 e. The van der Waals surface area contributed by atoms with E-state index < -0.39 is 0 Å². The van der Waals surface area contributed by atoms with Crippen molar-refractivity contribution in [3.63, 3.8) is 0 Å². The Morgan fingerprint density at radius 1 is 1.26 bits per heavy atom. The quantitative estimate of drug-likeness (QED) is 0.903. The Hall–Kier alpha value is -1.36. The number of nitrogens with one attached hydrogen (secondary N) is 1. The molecule has 0 aromatic heterocycles. The van der Waals surface area contributed by atoms with Gasteiger partial charge in [-0.2, -0.15) is 0 Å². The molecule has 0 heterocycles. The van der Waals surface area contributed by atoms with Crippen molar-refractivity contribution in [2.75, 3.05) is 19.6 Å². The number of nitrogens with zero attached hydrogens (tertiary/aromatic N) is 1. The molecule has 0 saturated heterocycles. The predicted octanol–water partition coefficient (Wildman–Crippen LogP) is 2.36. The van der Waals surface area contributed by atoms with Gasteiger partial charge in [0.15, 0.2) is 0 Å². The highest BCUT2D eigenvalue weighted by molar-refractivity contribution is 9.10. The van der Waals surface area contributed by atoms with Crippen LogP contribution in [0.25, 0.3) is 0 Å². The second-order valence-corrected chi connectivity index (χ2v) is 5.07. The highest BCUT2D eigenvalue weighted by Crippen LogP contribution is 2.17. The van der Waals surface area contributed by atoms with Crippen LogP contribution >= 0.6 is 15.9 Å². The molecule has 1 rings (SSSR count). The van der Waals surface area contributed by atoms with E-state index in [-0.39, 0.29) is 18.4 Å². The van der Waals surface area contributed by atoms with Crippen molar-refractivity contribution in [2.45, 2.75) is 20.8 Å². The van der Waals surface area contributed by atoms with Crippen molar-refractivity contribution >= 4 is 27.7 Å². The molecule has 0 bridgehead atoms. The van der Waals surface area contributed by atoms with E-state index in [1.807, 2.05) is 26.8 Å². The van der Waals surface area contributed by atoms with Gasteiger partial charge in [-0.15, -0.1) is 0 Å². The number of amides is 2. The molecule has 4 nitrogen and oxygen atoms in total. The number of aryl methyl sites for hydroxylation is 1. The Balaban J connectivity index is 2.60. The van der Waals surface area contributed by atoms with Crippen molar-refractivity contribution in [1.82, 2.24) is 10.2 Å². The third-order valence-electron chi connectivity index (χ3n) is 2.95. The van der Waals surface area contributed by atoms with E-state index in [4.69, 9.17) is 0 Å². The summed E-state index contributed by atoms with van der Waals surface area (Å²) in [5.41, 5.74) is 1.61. The molecule has 0 atom stereocenters. The summed E-state index contributed by atoms with van der Waals surface area (Å²) in [4.78, 5) is 25.4. The summed E-state index contributed by atoms with van der Waals surface area (Å²) in [5, 5.41) is 2.64. The first-order chi connectivity index (χ1) is 8.99. The number of halogens is 1. The first-order valence-corrected chi connectivity index (χ1v) is 7.11. The maximum absolute atomic E-state index is 11.9. The van der Waals surface area contributed by atoms with Crippen molar-refractivity contribution < 1.29 is 9.59 Å². The molecule has 0 fully saturated rings. The van der Waals surface area contributed by atoms with Crippen LogP contribution in [0.2, 0.25) is 0 Å². The van der Waals surface area contributed by atoms with Gasteiger partial charge in [-0.1, -0.05) is 22.0 Å². The second kappa shape index (κ2) is 7.28. The lowest BCUT2D eigenvalue weighted by atomic mass is 10.1. The lowest BCUT2D eigenvalue weighted by Crippen LogP contribution is -2.40. The molecule has 0 aliphatic rings. The van der Waals surface area contributed by atoms with Gasteiger partial charge >= 0.3 is 0 Å². The molecule has 1 aromatic rings. The lowest BCUT2D eigenvalue weighted by molar-refractivity contribution is -0.129. The van der Waals surface area contributed by atoms with Gasteiger partial charge in [-0.3, -0.25) is 9.59 Å². The van der Waals surface area contributed by atoms with Gasteiger partial charge in [0.05, 0.1) is 6.54 Å². The molecule has 0 aliphatic heterocycles. The summed E-state index contributed by atoms with van der Waals surface area (Å²) in [6.07, 6.45) is 0. The van der Waals surface area contributed by atoms with E-state index in [1.165, 1.54) is 0 Å². The van der Waals surface area contributed by atoms with Gasteiger partial charge in [-0.05, 0) is 38.5 Å². The molecular formula is C14H19BrN2O2. The molecule has 2 amide bonds. The van der Waals surface area contributed by atoms with Crippen LogP contribution in [0.1, 0.15) is 29.8 Å². The second-order valence-electron chi connectivity index (χ2n) is 4.21. The number of hydrogen-bond acceptors (Lipinski definition) is 2. The first-order valence-electron chi connectivity index (χ1n) is 6.31. The summed E-state index contributed by atoms with van der Waals surface area (Å²) in [7, 11) is 0. The van der Waals surface area contributed by atoms with Crippen LogP contribution in [0.4, 0.5) is 0 Å². The molecule has 1 N–H and O–H groups in total. The highest BCUT2D eigenvalue weighted by atomic mass is 79.9. The molecule has 0 aliphatic carbocycles. The standard InChI is InChI=1S/C14H19BrN2O2/c1-4-17(5-2)13(18)9-16-14(19)11-7-6-10(3)12(15)8-11/h6-8H,4-5,9H2,1-3H3,(H,16,19). The summed E-state index contributed by atoms with van der Waals surface area (Å²) >= 11 is 3.38. The summed E-state index contributed by atoms with van der Waals surface area (Å²) in [6.45, 7) is 7.13. The smallest absolute Gasteiger partial charge is 0.251 e. The number of benzene rings is 1. The monoisotopic (exact) mass is 326 g/mol. The first kappa shape index (κ1) is 15.7. The lowest BCUT2D eigenvalue weighted by Gasteiger charge is -2.18. The van der Waals surface area contributed by atoms with E-state index in [0.29, 0.717) is 18.7 Å². The maximum atomic E-state index is 11.9. The summed E-state index contributed by atoms with van der Waals surface area (Å²) < 4.78 is 0.884. The normalized spacial score (nSPS) is 10.1. The van der Waals surface area contributed by atoms with Crippen molar-refractivity contribution in [3.8, 4) is 0 Å². The molecule has 0 radical (unpaired) electrons. The SMILES string of the molecule is CCN(CC)C(=O)CNC(=O)c1ccc(C)c(Br)c1. The minimum absolute atomic E-state index is 0.0337. The van der Waals surface area contributed by atoms with Gasteiger partial charge in [-0.25, -0.2) is 0 Å². The van der Waals surface area contributed by atoms with Crippen LogP contribution < -0.4 is 5.32 Å². The van der Waals surface area contributed by atoms with Gasteiger partial charge in [0.25, 0.3) is 5.91 Å². The van der Waals surface area contributed by atoms with Crippen LogP contribution in [-0.2, 0) is 4.79 Å². The minimum atomic E-state index is -0.235. The van der Waals surface area contributed by atoms with E-state index in [0.717, 1.165) is 10.0 Å². The fraction of sp³-hybridized carbons (Fsp3) is 0.429. The van der Waals surface area contributed by atoms with Crippen molar-refractivity contribution in [2.24, 2.45) is 0 Å². The molecule has 104 valence electrons. The van der Waals surface area contributed by atoms with Crippen molar-refractivity contribution in [3.05, 3.63) is 33.8 Å². The van der Waals surface area contributed by atoms with Crippen LogP contribution in [0.15, 0.2) is 22.7 Å². The average molecular weight is 327 g/mol. The summed E-state index contributed by atoms with van der Waals surface area (Å²) in [6, 6.07) is 5.37. The fourth-order valence-corrected chi connectivity index (χ4v) is 2.06. The zero-order valence-corrected chi connectivity index (χ0v) is 13.1. The highest BCUT2D eigenvalue weighted by Gasteiger charge is 2.12. The molecule has 5 heteroatoms. The zero-order valence-electron chi connectivity index (χ0n) is 11.5. The molecular weight excluding hydrogens is 308 g/mol. The van der Waals surface area contributed by atoms with Crippen LogP contribution in [0.5, 0.6) is 0 Å². The topological polar surface area (TPSA) is 49.4 Å². The van der Waals surface area contributed by atoms with Crippen LogP contribution in [0.3, 0.4) is 0 Å². The third kappa shape index (κ3) is 4.35.